The molecule has 1 amide bonds. The topological polar surface area (TPSA) is 64.4 Å². The first-order valence-electron chi connectivity index (χ1n) is 5.78. The Balaban J connectivity index is 2.33. The van der Waals surface area contributed by atoms with E-state index in [0.29, 0.717) is 0 Å². The molecule has 1 unspecified atom stereocenters. The molecule has 0 saturated carbocycles. The molecule has 0 aromatic heterocycles. The van der Waals surface area contributed by atoms with Crippen molar-refractivity contribution in [2.45, 2.75) is 45.2 Å². The Morgan fingerprint density at radius 1 is 1.53 bits per heavy atom. The Morgan fingerprint density at radius 3 is 2.67 bits per heavy atom. The van der Waals surface area contributed by atoms with E-state index in [9.17, 15) is 4.79 Å². The van der Waals surface area contributed by atoms with Crippen LogP contribution in [0.15, 0.2) is 0 Å². The summed E-state index contributed by atoms with van der Waals surface area (Å²) in [6.45, 7) is 5.54. The van der Waals surface area contributed by atoms with Gasteiger partial charge in [-0.1, -0.05) is 20.3 Å². The molecule has 1 saturated heterocycles. The van der Waals surface area contributed by atoms with Crippen LogP contribution in [0.4, 0.5) is 0 Å². The first-order valence-corrected chi connectivity index (χ1v) is 5.78. The molecule has 4 heteroatoms. The molecule has 0 aliphatic carbocycles. The van der Waals surface area contributed by atoms with Crippen molar-refractivity contribution < 1.29 is 9.53 Å². The van der Waals surface area contributed by atoms with Crippen LogP contribution < -0.4 is 11.1 Å². The fourth-order valence-electron chi connectivity index (χ4n) is 1.65. The molecule has 1 fully saturated rings. The summed E-state index contributed by atoms with van der Waals surface area (Å²) >= 11 is 0. The van der Waals surface area contributed by atoms with Gasteiger partial charge >= 0.3 is 0 Å². The molecule has 1 aliphatic rings. The highest BCUT2D eigenvalue weighted by Crippen LogP contribution is 2.09. The number of carbonyl (C=O) groups is 1. The van der Waals surface area contributed by atoms with Gasteiger partial charge in [0.05, 0.1) is 6.04 Å². The molecule has 1 rings (SSSR count). The molecule has 0 spiro atoms. The lowest BCUT2D eigenvalue weighted by molar-refractivity contribution is -0.124. The predicted molar refractivity (Wildman–Crippen MR) is 59.4 cm³/mol. The molecular weight excluding hydrogens is 192 g/mol. The average Bonchev–Trinajstić information content (AvgIpc) is 2.28. The van der Waals surface area contributed by atoms with Crippen LogP contribution >= 0.6 is 0 Å². The maximum absolute atomic E-state index is 11.7. The third kappa shape index (κ3) is 3.80. The van der Waals surface area contributed by atoms with Gasteiger partial charge in [0.1, 0.15) is 0 Å². The molecule has 3 N–H and O–H groups in total. The summed E-state index contributed by atoms with van der Waals surface area (Å²) in [6, 6.07) is -0.126. The Hall–Kier alpha value is -0.610. The van der Waals surface area contributed by atoms with Gasteiger partial charge in [0.25, 0.3) is 0 Å². The van der Waals surface area contributed by atoms with Crippen LogP contribution in [-0.4, -0.2) is 31.2 Å². The normalized spacial score (nSPS) is 22.1. The standard InChI is InChI=1S/C11H22N2O2/c1-3-8(2)10(12)11(14)13-9-4-6-15-7-5-9/h8-10H,3-7,12H2,1-2H3,(H,13,14)/t8?,10-/m0/s1. The van der Waals surface area contributed by atoms with Gasteiger partial charge in [-0.15, -0.1) is 0 Å². The molecule has 4 nitrogen and oxygen atoms in total. The van der Waals surface area contributed by atoms with Crippen molar-refractivity contribution in [3.63, 3.8) is 0 Å². The fraction of sp³-hybridized carbons (Fsp3) is 0.909. The van der Waals surface area contributed by atoms with Crippen LogP contribution in [0.25, 0.3) is 0 Å². The maximum Gasteiger partial charge on any atom is 0.237 e. The van der Waals surface area contributed by atoms with Crippen LogP contribution in [0.1, 0.15) is 33.1 Å². The molecule has 0 aromatic rings. The van der Waals surface area contributed by atoms with Crippen LogP contribution in [0.2, 0.25) is 0 Å². The minimum atomic E-state index is -0.377. The summed E-state index contributed by atoms with van der Waals surface area (Å²) in [6.07, 6.45) is 2.74. The van der Waals surface area contributed by atoms with Gasteiger partial charge in [-0.3, -0.25) is 4.79 Å². The van der Waals surface area contributed by atoms with E-state index in [-0.39, 0.29) is 23.9 Å². The monoisotopic (exact) mass is 214 g/mol. The smallest absolute Gasteiger partial charge is 0.237 e. The second kappa shape index (κ2) is 6.08. The van der Waals surface area contributed by atoms with Crippen molar-refractivity contribution in [2.75, 3.05) is 13.2 Å². The van der Waals surface area contributed by atoms with E-state index < -0.39 is 0 Å². The summed E-state index contributed by atoms with van der Waals surface area (Å²) < 4.78 is 5.23. The van der Waals surface area contributed by atoms with Crippen molar-refractivity contribution in [1.82, 2.24) is 5.32 Å². The van der Waals surface area contributed by atoms with Gasteiger partial charge < -0.3 is 15.8 Å². The Labute approximate surface area is 91.5 Å². The van der Waals surface area contributed by atoms with Crippen LogP contribution in [0, 0.1) is 5.92 Å². The summed E-state index contributed by atoms with van der Waals surface area (Å²) in [4.78, 5) is 11.7. The van der Waals surface area contributed by atoms with Gasteiger partial charge in [0.15, 0.2) is 0 Å². The van der Waals surface area contributed by atoms with Gasteiger partial charge in [-0.05, 0) is 18.8 Å². The SMILES string of the molecule is CCC(C)[C@H](N)C(=O)NC1CCOCC1. The number of hydrogen-bond donors (Lipinski definition) is 2. The highest BCUT2D eigenvalue weighted by Gasteiger charge is 2.23. The third-order valence-corrected chi connectivity index (χ3v) is 3.13. The van der Waals surface area contributed by atoms with Crippen molar-refractivity contribution in [1.29, 1.82) is 0 Å². The lowest BCUT2D eigenvalue weighted by atomic mass is 9.98. The summed E-state index contributed by atoms with van der Waals surface area (Å²) in [5.74, 6) is 0.223. The largest absolute Gasteiger partial charge is 0.381 e. The number of hydrogen-bond acceptors (Lipinski definition) is 3. The number of nitrogens with one attached hydrogen (secondary N) is 1. The lowest BCUT2D eigenvalue weighted by Crippen LogP contribution is -2.49. The Kier molecular flexibility index (Phi) is 5.05. The molecule has 88 valence electrons. The van der Waals surface area contributed by atoms with E-state index >= 15 is 0 Å². The summed E-state index contributed by atoms with van der Waals surface area (Å²) in [5.41, 5.74) is 5.85. The van der Waals surface area contributed by atoms with E-state index in [1.54, 1.807) is 0 Å². The first kappa shape index (κ1) is 12.5. The van der Waals surface area contributed by atoms with E-state index in [1.807, 2.05) is 13.8 Å². The van der Waals surface area contributed by atoms with Crippen molar-refractivity contribution in [3.8, 4) is 0 Å². The zero-order chi connectivity index (χ0) is 11.3. The third-order valence-electron chi connectivity index (χ3n) is 3.13. The minimum Gasteiger partial charge on any atom is -0.381 e. The fourth-order valence-corrected chi connectivity index (χ4v) is 1.65. The lowest BCUT2D eigenvalue weighted by Gasteiger charge is -2.26. The zero-order valence-corrected chi connectivity index (χ0v) is 9.66. The molecule has 1 heterocycles. The van der Waals surface area contributed by atoms with E-state index in [0.717, 1.165) is 32.5 Å². The van der Waals surface area contributed by atoms with Crippen molar-refractivity contribution >= 4 is 5.91 Å². The van der Waals surface area contributed by atoms with Gasteiger partial charge in [0, 0.05) is 19.3 Å². The second-order valence-electron chi connectivity index (χ2n) is 4.31. The predicted octanol–water partition coefficient (Wildman–Crippen LogP) is 0.655. The van der Waals surface area contributed by atoms with Crippen LogP contribution in [0.5, 0.6) is 0 Å². The minimum absolute atomic E-state index is 0.0174. The second-order valence-corrected chi connectivity index (χ2v) is 4.31. The first-order chi connectivity index (χ1) is 7.15. The molecule has 0 radical (unpaired) electrons. The summed E-state index contributed by atoms with van der Waals surface area (Å²) in [7, 11) is 0. The molecule has 0 bridgehead atoms. The van der Waals surface area contributed by atoms with E-state index in [2.05, 4.69) is 5.32 Å². The van der Waals surface area contributed by atoms with E-state index in [4.69, 9.17) is 10.5 Å². The Bertz CT molecular complexity index is 203. The molecule has 0 aromatic carbocycles. The van der Waals surface area contributed by atoms with Crippen LogP contribution in [0.3, 0.4) is 0 Å². The number of nitrogens with two attached hydrogens (primary N) is 1. The number of rotatable bonds is 4. The maximum atomic E-state index is 11.7. The molecule has 1 aliphatic heterocycles. The van der Waals surface area contributed by atoms with Gasteiger partial charge in [0.2, 0.25) is 5.91 Å². The number of carbonyl (C=O) groups excluding carboxylic acids is 1. The van der Waals surface area contributed by atoms with Gasteiger partial charge in [-0.2, -0.15) is 0 Å². The van der Waals surface area contributed by atoms with Crippen molar-refractivity contribution in [3.05, 3.63) is 0 Å². The highest BCUT2D eigenvalue weighted by atomic mass is 16.5. The zero-order valence-electron chi connectivity index (χ0n) is 9.66. The number of ether oxygens (including phenoxy) is 1. The molecule has 15 heavy (non-hydrogen) atoms. The number of amides is 1. The molecular formula is C11H22N2O2. The Morgan fingerprint density at radius 2 is 2.13 bits per heavy atom. The van der Waals surface area contributed by atoms with E-state index in [1.165, 1.54) is 0 Å². The molecule has 2 atom stereocenters. The van der Waals surface area contributed by atoms with Crippen molar-refractivity contribution in [2.24, 2.45) is 11.7 Å². The highest BCUT2D eigenvalue weighted by molar-refractivity contribution is 5.82. The van der Waals surface area contributed by atoms with Crippen LogP contribution in [-0.2, 0) is 9.53 Å². The average molecular weight is 214 g/mol. The summed E-state index contributed by atoms with van der Waals surface area (Å²) in [5, 5.41) is 2.99. The quantitative estimate of drug-likeness (QED) is 0.722. The van der Waals surface area contributed by atoms with Gasteiger partial charge in [-0.25, -0.2) is 0 Å².